The van der Waals surface area contributed by atoms with Gasteiger partial charge in [0.2, 0.25) is 0 Å². The molecule has 0 atom stereocenters. The van der Waals surface area contributed by atoms with Gasteiger partial charge in [-0.2, -0.15) is 0 Å². The Hall–Kier alpha value is -0.500. The van der Waals surface area contributed by atoms with Gasteiger partial charge in [0.25, 0.3) is 0 Å². The van der Waals surface area contributed by atoms with E-state index in [1.165, 1.54) is 11.1 Å². The van der Waals surface area contributed by atoms with Gasteiger partial charge in [-0.1, -0.05) is 41.4 Å². The molecule has 0 rings (SSSR count). The van der Waals surface area contributed by atoms with Crippen molar-refractivity contribution >= 4 is 15.9 Å². The molecule has 0 amide bonds. The fraction of sp³-hybridized carbons (Fsp3) is 0.538. The van der Waals surface area contributed by atoms with E-state index in [1.807, 2.05) is 25.2 Å². The van der Waals surface area contributed by atoms with Crippen molar-refractivity contribution in [3.63, 3.8) is 0 Å². The molecule has 0 fully saturated rings. The Bertz CT molecular complexity index is 283. The molecular weight excluding hydrogens is 250 g/mol. The Morgan fingerprint density at radius 3 is 2.13 bits per heavy atom. The SMILES string of the molecule is CC(/C=C(\C)C(C)C)=C(Br)\C=C/N(C)C. The summed E-state index contributed by atoms with van der Waals surface area (Å²) < 4.78 is 1.14. The smallest absolute Gasteiger partial charge is 0.0218 e. The second kappa shape index (κ2) is 6.89. The average molecular weight is 272 g/mol. The second-order valence-electron chi connectivity index (χ2n) is 4.35. The molecule has 0 aromatic carbocycles. The summed E-state index contributed by atoms with van der Waals surface area (Å²) in [4.78, 5) is 2.02. The van der Waals surface area contributed by atoms with Crippen molar-refractivity contribution in [3.05, 3.63) is 34.0 Å². The van der Waals surface area contributed by atoms with Crippen molar-refractivity contribution in [1.29, 1.82) is 0 Å². The van der Waals surface area contributed by atoms with E-state index >= 15 is 0 Å². The summed E-state index contributed by atoms with van der Waals surface area (Å²) in [5.41, 5.74) is 2.67. The lowest BCUT2D eigenvalue weighted by Gasteiger charge is -2.06. The molecule has 0 spiro atoms. The van der Waals surface area contributed by atoms with Gasteiger partial charge in [-0.25, -0.2) is 0 Å². The Morgan fingerprint density at radius 1 is 1.20 bits per heavy atom. The third kappa shape index (κ3) is 6.56. The fourth-order valence-electron chi connectivity index (χ4n) is 0.923. The number of hydrogen-bond donors (Lipinski definition) is 0. The van der Waals surface area contributed by atoms with Crippen LogP contribution in [0.2, 0.25) is 0 Å². The number of hydrogen-bond acceptors (Lipinski definition) is 1. The largest absolute Gasteiger partial charge is 0.383 e. The predicted molar refractivity (Wildman–Crippen MR) is 73.0 cm³/mol. The van der Waals surface area contributed by atoms with E-state index in [1.54, 1.807) is 0 Å². The molecule has 0 saturated carbocycles. The van der Waals surface area contributed by atoms with Gasteiger partial charge in [0.15, 0.2) is 0 Å². The zero-order valence-electron chi connectivity index (χ0n) is 10.6. The van der Waals surface area contributed by atoms with Crippen LogP contribution >= 0.6 is 15.9 Å². The Labute approximate surface area is 103 Å². The molecule has 0 aromatic heterocycles. The summed E-state index contributed by atoms with van der Waals surface area (Å²) in [6.07, 6.45) is 6.33. The van der Waals surface area contributed by atoms with Crippen LogP contribution in [-0.2, 0) is 0 Å². The first-order valence-electron chi connectivity index (χ1n) is 5.23. The summed E-state index contributed by atoms with van der Waals surface area (Å²) in [7, 11) is 4.03. The fourth-order valence-corrected chi connectivity index (χ4v) is 1.16. The predicted octanol–water partition coefficient (Wildman–Crippen LogP) is 4.33. The normalized spacial score (nSPS) is 14.8. The van der Waals surface area contributed by atoms with E-state index < -0.39 is 0 Å². The van der Waals surface area contributed by atoms with Crippen molar-refractivity contribution in [2.45, 2.75) is 27.7 Å². The van der Waals surface area contributed by atoms with Crippen molar-refractivity contribution in [2.75, 3.05) is 14.1 Å². The molecule has 0 radical (unpaired) electrons. The summed E-state index contributed by atoms with van der Waals surface area (Å²) in [6, 6.07) is 0. The Morgan fingerprint density at radius 2 is 1.73 bits per heavy atom. The molecule has 1 nitrogen and oxygen atoms in total. The maximum absolute atomic E-state index is 3.57. The van der Waals surface area contributed by atoms with Crippen LogP contribution in [0.4, 0.5) is 0 Å². The molecule has 0 N–H and O–H groups in total. The Balaban J connectivity index is 4.73. The molecule has 0 saturated heterocycles. The maximum Gasteiger partial charge on any atom is 0.0218 e. The van der Waals surface area contributed by atoms with E-state index in [-0.39, 0.29) is 0 Å². The van der Waals surface area contributed by atoms with Crippen molar-refractivity contribution in [3.8, 4) is 0 Å². The lowest BCUT2D eigenvalue weighted by molar-refractivity contribution is 0.564. The van der Waals surface area contributed by atoms with Crippen LogP contribution in [0.25, 0.3) is 0 Å². The first-order valence-corrected chi connectivity index (χ1v) is 6.03. The molecule has 0 aromatic rings. The molecule has 2 heteroatoms. The van der Waals surface area contributed by atoms with Gasteiger partial charge in [-0.05, 0) is 37.6 Å². The van der Waals surface area contributed by atoms with Crippen molar-refractivity contribution in [2.24, 2.45) is 5.92 Å². The van der Waals surface area contributed by atoms with Gasteiger partial charge in [-0.3, -0.25) is 0 Å². The van der Waals surface area contributed by atoms with Crippen molar-refractivity contribution < 1.29 is 0 Å². The van der Waals surface area contributed by atoms with Crippen LogP contribution < -0.4 is 0 Å². The minimum atomic E-state index is 0.609. The van der Waals surface area contributed by atoms with Crippen LogP contribution in [0, 0.1) is 5.92 Å². The quantitative estimate of drug-likeness (QED) is 0.688. The lowest BCUT2D eigenvalue weighted by Crippen LogP contribution is -1.99. The highest BCUT2D eigenvalue weighted by Crippen LogP contribution is 2.18. The number of halogens is 1. The average Bonchev–Trinajstić information content (AvgIpc) is 2.13. The van der Waals surface area contributed by atoms with Crippen LogP contribution in [0.5, 0.6) is 0 Å². The van der Waals surface area contributed by atoms with Gasteiger partial charge in [0.05, 0.1) is 0 Å². The monoisotopic (exact) mass is 271 g/mol. The minimum Gasteiger partial charge on any atom is -0.383 e. The Kier molecular flexibility index (Phi) is 6.66. The number of nitrogens with zero attached hydrogens (tertiary/aromatic N) is 1. The minimum absolute atomic E-state index is 0.609. The van der Waals surface area contributed by atoms with E-state index in [0.29, 0.717) is 5.92 Å². The summed E-state index contributed by atoms with van der Waals surface area (Å²) in [5.74, 6) is 0.609. The third-order valence-electron chi connectivity index (χ3n) is 2.25. The highest BCUT2D eigenvalue weighted by molar-refractivity contribution is 9.11. The topological polar surface area (TPSA) is 3.24 Å². The van der Waals surface area contributed by atoms with E-state index in [2.05, 4.69) is 55.8 Å². The summed E-state index contributed by atoms with van der Waals surface area (Å²) in [6.45, 7) is 8.71. The lowest BCUT2D eigenvalue weighted by atomic mass is 10.0. The highest BCUT2D eigenvalue weighted by Gasteiger charge is 1.98. The first kappa shape index (κ1) is 14.5. The highest BCUT2D eigenvalue weighted by atomic mass is 79.9. The van der Waals surface area contributed by atoms with Crippen LogP contribution in [0.1, 0.15) is 27.7 Å². The molecule has 0 bridgehead atoms. The number of rotatable bonds is 4. The first-order chi connectivity index (χ1) is 6.84. The van der Waals surface area contributed by atoms with E-state index in [4.69, 9.17) is 0 Å². The van der Waals surface area contributed by atoms with Crippen molar-refractivity contribution in [1.82, 2.24) is 4.90 Å². The number of allylic oxidation sites excluding steroid dienone is 5. The molecular formula is C13H22BrN. The van der Waals surface area contributed by atoms with Gasteiger partial charge >= 0.3 is 0 Å². The van der Waals surface area contributed by atoms with E-state index in [0.717, 1.165) is 4.48 Å². The second-order valence-corrected chi connectivity index (χ2v) is 5.21. The van der Waals surface area contributed by atoms with Gasteiger partial charge in [0, 0.05) is 18.6 Å². The molecule has 0 aliphatic rings. The standard InChI is InChI=1S/C13H22BrN/c1-10(2)11(3)9-12(4)13(14)7-8-15(5)6/h7-10H,1-6H3/b8-7-,11-9+,13-12-. The van der Waals surface area contributed by atoms with Gasteiger partial charge in [-0.15, -0.1) is 0 Å². The van der Waals surface area contributed by atoms with Crippen LogP contribution in [0.3, 0.4) is 0 Å². The van der Waals surface area contributed by atoms with Gasteiger partial charge < -0.3 is 4.90 Å². The summed E-state index contributed by atoms with van der Waals surface area (Å²) >= 11 is 3.57. The third-order valence-corrected chi connectivity index (χ3v) is 3.14. The molecule has 0 aliphatic heterocycles. The molecule has 0 aliphatic carbocycles. The zero-order valence-corrected chi connectivity index (χ0v) is 12.2. The molecule has 0 heterocycles. The summed E-state index contributed by atoms with van der Waals surface area (Å²) in [5, 5.41) is 0. The van der Waals surface area contributed by atoms with Crippen LogP contribution in [-0.4, -0.2) is 19.0 Å². The van der Waals surface area contributed by atoms with E-state index in [9.17, 15) is 0 Å². The molecule has 86 valence electrons. The zero-order chi connectivity index (χ0) is 12.0. The maximum atomic E-state index is 3.57. The van der Waals surface area contributed by atoms with Gasteiger partial charge in [0.1, 0.15) is 0 Å². The molecule has 0 unspecified atom stereocenters. The molecule has 15 heavy (non-hydrogen) atoms. The van der Waals surface area contributed by atoms with Crippen LogP contribution in [0.15, 0.2) is 34.0 Å².